The molecule has 2 aromatic carbocycles. The van der Waals surface area contributed by atoms with Gasteiger partial charge in [0.1, 0.15) is 11.5 Å². The third kappa shape index (κ3) is 3.42. The molecule has 1 aromatic heterocycles. The molecule has 1 fully saturated rings. The number of halogens is 1. The number of aromatic nitrogens is 2. The number of nitrogens with zero attached hydrogens (tertiary/aromatic N) is 3. The van der Waals surface area contributed by atoms with Crippen LogP contribution >= 0.6 is 11.8 Å². The molecule has 0 aliphatic carbocycles. The third-order valence-electron chi connectivity index (χ3n) is 4.55. The van der Waals surface area contributed by atoms with E-state index in [1.807, 2.05) is 36.4 Å². The molecule has 3 aromatic rings. The Morgan fingerprint density at radius 2 is 1.85 bits per heavy atom. The predicted molar refractivity (Wildman–Crippen MR) is 102 cm³/mol. The second kappa shape index (κ2) is 7.41. The number of thioether (sulfide) groups is 1. The zero-order chi connectivity index (χ0) is 17.9. The van der Waals surface area contributed by atoms with E-state index in [1.165, 1.54) is 12.3 Å². The maximum Gasteiger partial charge on any atom is 0.274 e. The van der Waals surface area contributed by atoms with Gasteiger partial charge < -0.3 is 4.90 Å². The Morgan fingerprint density at radius 3 is 2.69 bits per heavy atom. The van der Waals surface area contributed by atoms with E-state index in [1.54, 1.807) is 22.7 Å². The molecule has 0 radical (unpaired) electrons. The van der Waals surface area contributed by atoms with E-state index in [4.69, 9.17) is 0 Å². The summed E-state index contributed by atoms with van der Waals surface area (Å²) < 4.78 is 14.1. The molecule has 4 nitrogen and oxygen atoms in total. The van der Waals surface area contributed by atoms with Gasteiger partial charge in [-0.3, -0.25) is 9.78 Å². The first-order chi connectivity index (χ1) is 12.7. The number of benzene rings is 2. The van der Waals surface area contributed by atoms with Gasteiger partial charge in [-0.1, -0.05) is 30.3 Å². The van der Waals surface area contributed by atoms with Crippen LogP contribution in [0, 0.1) is 5.82 Å². The quantitative estimate of drug-likeness (QED) is 0.684. The first-order valence-electron chi connectivity index (χ1n) is 8.59. The molecule has 0 saturated carbocycles. The molecule has 0 N–H and O–H groups in total. The van der Waals surface area contributed by atoms with Crippen LogP contribution in [0.15, 0.2) is 54.7 Å². The van der Waals surface area contributed by atoms with Crippen molar-refractivity contribution in [1.82, 2.24) is 14.9 Å². The minimum absolute atomic E-state index is 0.0664. The maximum absolute atomic E-state index is 14.1. The van der Waals surface area contributed by atoms with E-state index in [0.29, 0.717) is 24.3 Å². The van der Waals surface area contributed by atoms with E-state index in [-0.39, 0.29) is 17.0 Å². The lowest BCUT2D eigenvalue weighted by atomic mass is 10.1. The Balaban J connectivity index is 1.51. The number of carbonyl (C=O) groups excluding carboxylic acids is 1. The molecule has 26 heavy (non-hydrogen) atoms. The van der Waals surface area contributed by atoms with Crippen LogP contribution in [0.4, 0.5) is 4.39 Å². The SMILES string of the molecule is O=C(c1cnc2ccccc2n1)N1CCSC(c2ccccc2F)CC1. The number of amides is 1. The average molecular weight is 367 g/mol. The molecular weight excluding hydrogens is 349 g/mol. The van der Waals surface area contributed by atoms with Crippen molar-refractivity contribution in [2.45, 2.75) is 11.7 Å². The van der Waals surface area contributed by atoms with Crippen LogP contribution in [-0.4, -0.2) is 39.6 Å². The van der Waals surface area contributed by atoms with Crippen molar-refractivity contribution < 1.29 is 9.18 Å². The number of rotatable bonds is 2. The Kier molecular flexibility index (Phi) is 4.84. The summed E-state index contributed by atoms with van der Waals surface area (Å²) in [4.78, 5) is 23.4. The van der Waals surface area contributed by atoms with Gasteiger partial charge >= 0.3 is 0 Å². The van der Waals surface area contributed by atoms with Gasteiger partial charge in [-0.05, 0) is 24.6 Å². The highest BCUT2D eigenvalue weighted by atomic mass is 32.2. The maximum atomic E-state index is 14.1. The molecule has 1 aliphatic rings. The van der Waals surface area contributed by atoms with Crippen LogP contribution in [0.3, 0.4) is 0 Å². The Bertz CT molecular complexity index is 949. The van der Waals surface area contributed by atoms with Crippen LogP contribution in [0.2, 0.25) is 0 Å². The monoisotopic (exact) mass is 367 g/mol. The van der Waals surface area contributed by atoms with Gasteiger partial charge in [0.2, 0.25) is 0 Å². The molecule has 1 atom stereocenters. The molecule has 1 amide bonds. The highest BCUT2D eigenvalue weighted by Gasteiger charge is 2.25. The number of para-hydroxylation sites is 2. The van der Waals surface area contributed by atoms with Crippen LogP contribution in [0.5, 0.6) is 0 Å². The van der Waals surface area contributed by atoms with Crippen LogP contribution in [0.1, 0.15) is 27.7 Å². The van der Waals surface area contributed by atoms with Crippen molar-refractivity contribution in [2.75, 3.05) is 18.8 Å². The van der Waals surface area contributed by atoms with Crippen LogP contribution in [-0.2, 0) is 0 Å². The van der Waals surface area contributed by atoms with Gasteiger partial charge in [0, 0.05) is 29.7 Å². The van der Waals surface area contributed by atoms with Crippen molar-refractivity contribution in [1.29, 1.82) is 0 Å². The van der Waals surface area contributed by atoms with Gasteiger partial charge in [0.15, 0.2) is 0 Å². The third-order valence-corrected chi connectivity index (χ3v) is 5.86. The van der Waals surface area contributed by atoms with Crippen molar-refractivity contribution in [3.63, 3.8) is 0 Å². The van der Waals surface area contributed by atoms with Crippen LogP contribution < -0.4 is 0 Å². The molecule has 0 bridgehead atoms. The van der Waals surface area contributed by atoms with Gasteiger partial charge in [-0.25, -0.2) is 9.37 Å². The standard InChI is InChI=1S/C20H18FN3OS/c21-15-6-2-1-5-14(15)19-9-10-24(11-12-26-19)20(25)18-13-22-16-7-3-4-8-17(16)23-18/h1-8,13,19H,9-12H2. The number of carbonyl (C=O) groups is 1. The zero-order valence-corrected chi connectivity index (χ0v) is 15.0. The van der Waals surface area contributed by atoms with Crippen molar-refractivity contribution >= 4 is 28.7 Å². The zero-order valence-electron chi connectivity index (χ0n) is 14.1. The normalized spacial score (nSPS) is 17.9. The molecule has 6 heteroatoms. The van der Waals surface area contributed by atoms with E-state index in [9.17, 15) is 9.18 Å². The summed E-state index contributed by atoms with van der Waals surface area (Å²) in [6.45, 7) is 1.21. The van der Waals surface area contributed by atoms with Crippen molar-refractivity contribution in [3.8, 4) is 0 Å². The van der Waals surface area contributed by atoms with Gasteiger partial charge in [0.25, 0.3) is 5.91 Å². The molecular formula is C20H18FN3OS. The van der Waals surface area contributed by atoms with E-state index in [2.05, 4.69) is 9.97 Å². The first-order valence-corrected chi connectivity index (χ1v) is 9.64. The van der Waals surface area contributed by atoms with E-state index >= 15 is 0 Å². The smallest absolute Gasteiger partial charge is 0.274 e. The second-order valence-electron chi connectivity index (χ2n) is 6.21. The fraction of sp³-hybridized carbons (Fsp3) is 0.250. The second-order valence-corrected chi connectivity index (χ2v) is 7.52. The molecule has 1 saturated heterocycles. The highest BCUT2D eigenvalue weighted by Crippen LogP contribution is 2.35. The number of hydrogen-bond acceptors (Lipinski definition) is 4. The fourth-order valence-electron chi connectivity index (χ4n) is 3.18. The minimum atomic E-state index is -0.176. The molecule has 4 rings (SSSR count). The number of fused-ring (bicyclic) bond motifs is 1. The van der Waals surface area contributed by atoms with Gasteiger partial charge in [0.05, 0.1) is 17.2 Å². The summed E-state index contributed by atoms with van der Waals surface area (Å²) in [5, 5.41) is 0.0664. The fourth-order valence-corrected chi connectivity index (χ4v) is 4.43. The minimum Gasteiger partial charge on any atom is -0.336 e. The van der Waals surface area contributed by atoms with E-state index in [0.717, 1.165) is 23.3 Å². The summed E-state index contributed by atoms with van der Waals surface area (Å²) in [5.74, 6) is 0.481. The topological polar surface area (TPSA) is 46.1 Å². The van der Waals surface area contributed by atoms with Gasteiger partial charge in [-0.15, -0.1) is 0 Å². The molecule has 0 spiro atoms. The van der Waals surface area contributed by atoms with Crippen molar-refractivity contribution in [2.24, 2.45) is 0 Å². The Hall–Kier alpha value is -2.47. The summed E-state index contributed by atoms with van der Waals surface area (Å²) in [7, 11) is 0. The number of hydrogen-bond donors (Lipinski definition) is 0. The summed E-state index contributed by atoms with van der Waals surface area (Å²) in [6, 6.07) is 14.4. The molecule has 1 unspecified atom stereocenters. The molecule has 132 valence electrons. The molecule has 2 heterocycles. The summed E-state index contributed by atoms with van der Waals surface area (Å²) in [5.41, 5.74) is 2.57. The highest BCUT2D eigenvalue weighted by molar-refractivity contribution is 7.99. The lowest BCUT2D eigenvalue weighted by molar-refractivity contribution is 0.0760. The van der Waals surface area contributed by atoms with Crippen LogP contribution in [0.25, 0.3) is 11.0 Å². The summed E-state index contributed by atoms with van der Waals surface area (Å²) in [6.07, 6.45) is 2.26. The Morgan fingerprint density at radius 1 is 1.08 bits per heavy atom. The average Bonchev–Trinajstić information content (AvgIpc) is 2.93. The Labute approximate surface area is 155 Å². The largest absolute Gasteiger partial charge is 0.336 e. The first kappa shape index (κ1) is 17.0. The lowest BCUT2D eigenvalue weighted by Crippen LogP contribution is -2.33. The molecule has 1 aliphatic heterocycles. The van der Waals surface area contributed by atoms with E-state index < -0.39 is 0 Å². The van der Waals surface area contributed by atoms with Gasteiger partial charge in [-0.2, -0.15) is 11.8 Å². The lowest BCUT2D eigenvalue weighted by Gasteiger charge is -2.20. The predicted octanol–water partition coefficient (Wildman–Crippen LogP) is 4.09. The van der Waals surface area contributed by atoms with Crippen molar-refractivity contribution in [3.05, 3.63) is 71.8 Å². The summed E-state index contributed by atoms with van der Waals surface area (Å²) >= 11 is 1.70.